The highest BCUT2D eigenvalue weighted by atomic mass is 16.5. The van der Waals surface area contributed by atoms with Crippen LogP contribution in [0, 0.1) is 0 Å². The molecule has 5 heteroatoms. The molecule has 0 atom stereocenters. The molecule has 0 radical (unpaired) electrons. The summed E-state index contributed by atoms with van der Waals surface area (Å²) in [5, 5.41) is 0. The Kier molecular flexibility index (Phi) is 6.44. The molecule has 0 aromatic heterocycles. The summed E-state index contributed by atoms with van der Waals surface area (Å²) in [5.74, 6) is 0.634. The lowest BCUT2D eigenvalue weighted by atomic mass is 10.2. The summed E-state index contributed by atoms with van der Waals surface area (Å²) in [6.45, 7) is 1.22. The third-order valence-electron chi connectivity index (χ3n) is 3.15. The molecular weight excluding hydrogens is 296 g/mol. The molecule has 23 heavy (non-hydrogen) atoms. The van der Waals surface area contributed by atoms with Crippen LogP contribution in [0.4, 0.5) is 0 Å². The lowest BCUT2D eigenvalue weighted by Gasteiger charge is -2.14. The molecule has 0 aliphatic heterocycles. The highest BCUT2D eigenvalue weighted by Crippen LogP contribution is 2.29. The van der Waals surface area contributed by atoms with E-state index in [0.717, 1.165) is 5.56 Å². The van der Waals surface area contributed by atoms with Crippen LogP contribution in [-0.4, -0.2) is 33.4 Å². The fourth-order valence-corrected chi connectivity index (χ4v) is 1.96. The largest absolute Gasteiger partial charge is 0.487 e. The molecule has 0 unspecified atom stereocenters. The SMILES string of the molecule is COCCOc1cc(C(=O)OC)ccc1OCc1ccccc1. The first-order valence-electron chi connectivity index (χ1n) is 7.25. The predicted octanol–water partition coefficient (Wildman–Crippen LogP) is 3.08. The second-order valence-corrected chi connectivity index (χ2v) is 4.77. The number of hydrogen-bond donors (Lipinski definition) is 0. The van der Waals surface area contributed by atoms with Crippen LogP contribution in [0.15, 0.2) is 48.5 Å². The van der Waals surface area contributed by atoms with E-state index in [1.54, 1.807) is 25.3 Å². The molecule has 2 rings (SSSR count). The molecule has 5 nitrogen and oxygen atoms in total. The minimum absolute atomic E-state index is 0.364. The van der Waals surface area contributed by atoms with Gasteiger partial charge >= 0.3 is 5.97 Å². The summed E-state index contributed by atoms with van der Waals surface area (Å²) >= 11 is 0. The van der Waals surface area contributed by atoms with Gasteiger partial charge in [-0.05, 0) is 23.8 Å². The second kappa shape index (κ2) is 8.80. The summed E-state index contributed by atoms with van der Waals surface area (Å²) in [5.41, 5.74) is 1.46. The summed E-state index contributed by atoms with van der Waals surface area (Å²) in [6.07, 6.45) is 0. The van der Waals surface area contributed by atoms with Gasteiger partial charge in [0.25, 0.3) is 0 Å². The number of carbonyl (C=O) groups is 1. The van der Waals surface area contributed by atoms with E-state index in [2.05, 4.69) is 0 Å². The van der Waals surface area contributed by atoms with Crippen LogP contribution in [0.1, 0.15) is 15.9 Å². The maximum absolute atomic E-state index is 11.6. The van der Waals surface area contributed by atoms with E-state index < -0.39 is 5.97 Å². The highest BCUT2D eigenvalue weighted by molar-refractivity contribution is 5.90. The minimum Gasteiger partial charge on any atom is -0.487 e. The van der Waals surface area contributed by atoms with Gasteiger partial charge in [-0.2, -0.15) is 0 Å². The molecule has 2 aromatic carbocycles. The van der Waals surface area contributed by atoms with Gasteiger partial charge in [-0.25, -0.2) is 4.79 Å². The second-order valence-electron chi connectivity index (χ2n) is 4.77. The zero-order valence-corrected chi connectivity index (χ0v) is 13.3. The van der Waals surface area contributed by atoms with E-state index in [9.17, 15) is 4.79 Å². The summed E-state index contributed by atoms with van der Waals surface area (Å²) in [7, 11) is 2.94. The molecular formula is C18H20O5. The molecule has 0 amide bonds. The van der Waals surface area contributed by atoms with Gasteiger partial charge in [-0.1, -0.05) is 30.3 Å². The Morgan fingerprint density at radius 3 is 2.39 bits per heavy atom. The average Bonchev–Trinajstić information content (AvgIpc) is 2.61. The Bertz CT molecular complexity index is 625. The van der Waals surface area contributed by atoms with Crippen molar-refractivity contribution in [2.24, 2.45) is 0 Å². The highest BCUT2D eigenvalue weighted by Gasteiger charge is 2.12. The first-order valence-corrected chi connectivity index (χ1v) is 7.25. The first-order chi connectivity index (χ1) is 11.2. The number of carbonyl (C=O) groups excluding carboxylic acids is 1. The molecule has 122 valence electrons. The van der Waals surface area contributed by atoms with Crippen LogP contribution in [0.2, 0.25) is 0 Å². The molecule has 0 spiro atoms. The molecule has 0 saturated carbocycles. The lowest BCUT2D eigenvalue weighted by molar-refractivity contribution is 0.0600. The summed E-state index contributed by atoms with van der Waals surface area (Å²) < 4.78 is 21.1. The maximum Gasteiger partial charge on any atom is 0.337 e. The van der Waals surface area contributed by atoms with Crippen molar-refractivity contribution in [2.45, 2.75) is 6.61 Å². The van der Waals surface area contributed by atoms with Crippen molar-refractivity contribution in [3.05, 3.63) is 59.7 Å². The molecule has 0 bridgehead atoms. The fraction of sp³-hybridized carbons (Fsp3) is 0.278. The number of hydrogen-bond acceptors (Lipinski definition) is 5. The number of benzene rings is 2. The molecule has 0 heterocycles. The number of methoxy groups -OCH3 is 2. The topological polar surface area (TPSA) is 54.0 Å². The Morgan fingerprint density at radius 2 is 1.70 bits per heavy atom. The van der Waals surface area contributed by atoms with E-state index in [1.807, 2.05) is 30.3 Å². The van der Waals surface area contributed by atoms with Crippen LogP contribution in [0.5, 0.6) is 11.5 Å². The molecule has 0 aliphatic carbocycles. The van der Waals surface area contributed by atoms with Crippen molar-refractivity contribution < 1.29 is 23.7 Å². The average molecular weight is 316 g/mol. The van der Waals surface area contributed by atoms with Crippen molar-refractivity contribution in [3.8, 4) is 11.5 Å². The van der Waals surface area contributed by atoms with Crippen LogP contribution in [0.3, 0.4) is 0 Å². The van der Waals surface area contributed by atoms with E-state index >= 15 is 0 Å². The van der Waals surface area contributed by atoms with E-state index in [1.165, 1.54) is 7.11 Å². The fourth-order valence-electron chi connectivity index (χ4n) is 1.96. The van der Waals surface area contributed by atoms with Crippen LogP contribution >= 0.6 is 0 Å². The molecule has 0 fully saturated rings. The lowest BCUT2D eigenvalue weighted by Crippen LogP contribution is -2.08. The van der Waals surface area contributed by atoms with Gasteiger partial charge in [-0.15, -0.1) is 0 Å². The zero-order valence-electron chi connectivity index (χ0n) is 13.3. The standard InChI is InChI=1S/C18H20O5/c1-20-10-11-22-17-12-15(18(19)21-2)8-9-16(17)23-13-14-6-4-3-5-7-14/h3-9,12H,10-11,13H2,1-2H3. The molecule has 2 aromatic rings. The molecule has 0 N–H and O–H groups in total. The predicted molar refractivity (Wildman–Crippen MR) is 85.9 cm³/mol. The Morgan fingerprint density at radius 1 is 0.913 bits per heavy atom. The smallest absolute Gasteiger partial charge is 0.337 e. The van der Waals surface area contributed by atoms with Gasteiger partial charge in [0.1, 0.15) is 13.2 Å². The van der Waals surface area contributed by atoms with Crippen molar-refractivity contribution in [1.29, 1.82) is 0 Å². The van der Waals surface area contributed by atoms with Crippen molar-refractivity contribution in [1.82, 2.24) is 0 Å². The third kappa shape index (κ3) is 5.00. The van der Waals surface area contributed by atoms with Crippen molar-refractivity contribution in [2.75, 3.05) is 27.4 Å². The molecule has 0 aliphatic rings. The van der Waals surface area contributed by atoms with Gasteiger partial charge in [0.2, 0.25) is 0 Å². The van der Waals surface area contributed by atoms with Crippen molar-refractivity contribution in [3.63, 3.8) is 0 Å². The first kappa shape index (κ1) is 16.8. The van der Waals surface area contributed by atoms with E-state index in [0.29, 0.717) is 36.9 Å². The number of ether oxygens (including phenoxy) is 4. The Labute approximate surface area is 135 Å². The minimum atomic E-state index is -0.420. The summed E-state index contributed by atoms with van der Waals surface area (Å²) in [6, 6.07) is 14.8. The van der Waals surface area contributed by atoms with Crippen LogP contribution in [-0.2, 0) is 16.1 Å². The molecule has 0 saturated heterocycles. The third-order valence-corrected chi connectivity index (χ3v) is 3.15. The quantitative estimate of drug-likeness (QED) is 0.553. The Balaban J connectivity index is 2.13. The van der Waals surface area contributed by atoms with Gasteiger partial charge in [0.15, 0.2) is 11.5 Å². The van der Waals surface area contributed by atoms with E-state index in [4.69, 9.17) is 18.9 Å². The normalized spacial score (nSPS) is 10.2. The van der Waals surface area contributed by atoms with Crippen LogP contribution < -0.4 is 9.47 Å². The van der Waals surface area contributed by atoms with Gasteiger partial charge in [0.05, 0.1) is 19.3 Å². The van der Waals surface area contributed by atoms with Crippen molar-refractivity contribution >= 4 is 5.97 Å². The van der Waals surface area contributed by atoms with Gasteiger partial charge in [-0.3, -0.25) is 0 Å². The zero-order chi connectivity index (χ0) is 16.5. The van der Waals surface area contributed by atoms with Gasteiger partial charge in [0, 0.05) is 7.11 Å². The number of esters is 1. The van der Waals surface area contributed by atoms with E-state index in [-0.39, 0.29) is 0 Å². The number of rotatable bonds is 8. The monoisotopic (exact) mass is 316 g/mol. The summed E-state index contributed by atoms with van der Waals surface area (Å²) in [4.78, 5) is 11.6. The Hall–Kier alpha value is -2.53. The van der Waals surface area contributed by atoms with Gasteiger partial charge < -0.3 is 18.9 Å². The maximum atomic E-state index is 11.6. The van der Waals surface area contributed by atoms with Crippen LogP contribution in [0.25, 0.3) is 0 Å².